The van der Waals surface area contributed by atoms with Crippen LogP contribution in [-0.2, 0) is 9.59 Å². The lowest BCUT2D eigenvalue weighted by Crippen LogP contribution is -2.46. The fourth-order valence-electron chi connectivity index (χ4n) is 3.67. The van der Waals surface area contributed by atoms with Crippen LogP contribution >= 0.6 is 12.2 Å². The zero-order valence-corrected chi connectivity index (χ0v) is 19.0. The molecule has 0 aromatic heterocycles. The first-order chi connectivity index (χ1) is 16.1. The molecule has 0 bridgehead atoms. The Bertz CT molecular complexity index is 1110. The second-order valence-corrected chi connectivity index (χ2v) is 8.19. The summed E-state index contributed by atoms with van der Waals surface area (Å²) >= 11 is 5.30. The number of ether oxygens (including phenoxy) is 1. The van der Waals surface area contributed by atoms with Crippen molar-refractivity contribution in [1.82, 2.24) is 4.90 Å². The summed E-state index contributed by atoms with van der Waals surface area (Å²) in [6, 6.07) is 16.8. The molecule has 7 heteroatoms. The number of fused-ring (bicyclic) bond motifs is 1. The molecule has 2 aromatic rings. The number of amides is 2. The van der Waals surface area contributed by atoms with Crippen molar-refractivity contribution < 1.29 is 14.3 Å². The van der Waals surface area contributed by atoms with Crippen LogP contribution in [0.3, 0.4) is 0 Å². The summed E-state index contributed by atoms with van der Waals surface area (Å²) < 4.78 is 5.76. The summed E-state index contributed by atoms with van der Waals surface area (Å²) in [4.78, 5) is 30.9. The number of unbranched alkanes of at least 4 members (excludes halogenated alkanes) is 2. The number of carbonyl (C=O) groups is 2. The lowest BCUT2D eigenvalue weighted by atomic mass is 9.95. The van der Waals surface area contributed by atoms with Crippen LogP contribution in [-0.4, -0.2) is 34.1 Å². The molecule has 1 N–H and O–H groups in total. The fourth-order valence-corrected chi connectivity index (χ4v) is 3.96. The minimum Gasteiger partial charge on any atom is -0.457 e. The Morgan fingerprint density at radius 1 is 1.00 bits per heavy atom. The van der Waals surface area contributed by atoms with Crippen LogP contribution in [0.1, 0.15) is 25.7 Å². The van der Waals surface area contributed by atoms with Crippen LogP contribution in [0.4, 0.5) is 5.69 Å². The average Bonchev–Trinajstić information content (AvgIpc) is 2.82. The molecule has 6 nitrogen and oxygen atoms in total. The number of nitrogens with zero attached hydrogens (tertiary/aromatic N) is 2. The van der Waals surface area contributed by atoms with Gasteiger partial charge in [-0.25, -0.2) is 4.99 Å². The van der Waals surface area contributed by atoms with Gasteiger partial charge >= 0.3 is 0 Å². The number of hydrogen-bond acceptors (Lipinski definition) is 4. The molecule has 0 fully saturated rings. The normalized spacial score (nSPS) is 16.9. The lowest BCUT2D eigenvalue weighted by Gasteiger charge is -2.30. The second-order valence-electron chi connectivity index (χ2n) is 7.83. The largest absolute Gasteiger partial charge is 0.457 e. The Labute approximate surface area is 198 Å². The van der Waals surface area contributed by atoms with Gasteiger partial charge in [0.05, 0.1) is 11.6 Å². The summed E-state index contributed by atoms with van der Waals surface area (Å²) in [6.07, 6.45) is 10.1. The van der Waals surface area contributed by atoms with Crippen molar-refractivity contribution in [2.24, 2.45) is 10.9 Å². The Morgan fingerprint density at radius 2 is 1.76 bits per heavy atom. The van der Waals surface area contributed by atoms with Crippen molar-refractivity contribution in [1.29, 1.82) is 0 Å². The molecule has 1 aliphatic carbocycles. The van der Waals surface area contributed by atoms with Crippen molar-refractivity contribution >= 4 is 40.5 Å². The summed E-state index contributed by atoms with van der Waals surface area (Å²) in [6.45, 7) is 0.521. The van der Waals surface area contributed by atoms with E-state index in [0.29, 0.717) is 29.5 Å². The van der Waals surface area contributed by atoms with Gasteiger partial charge in [0.15, 0.2) is 0 Å². The molecule has 2 amide bonds. The van der Waals surface area contributed by atoms with Crippen LogP contribution < -0.4 is 10.1 Å². The maximum Gasteiger partial charge on any atom is 0.241 e. The zero-order chi connectivity index (χ0) is 23.0. The number of carbonyl (C=O) groups excluding carboxylic acids is 2. The highest BCUT2D eigenvalue weighted by Gasteiger charge is 2.33. The summed E-state index contributed by atoms with van der Waals surface area (Å²) in [5.74, 6) is 1.07. The molecule has 1 aliphatic heterocycles. The number of aliphatic imine (C=N–C) groups is 1. The van der Waals surface area contributed by atoms with Crippen LogP contribution in [0.15, 0.2) is 83.9 Å². The van der Waals surface area contributed by atoms with Gasteiger partial charge in [-0.15, -0.1) is 0 Å². The maximum absolute atomic E-state index is 12.7. The molecular formula is C26H25N3O3S. The molecule has 168 valence electrons. The lowest BCUT2D eigenvalue weighted by molar-refractivity contribution is -0.128. The highest BCUT2D eigenvalue weighted by atomic mass is 32.1. The Morgan fingerprint density at radius 3 is 2.55 bits per heavy atom. The number of para-hydroxylation sites is 1. The molecule has 1 unspecified atom stereocenters. The van der Waals surface area contributed by atoms with Crippen LogP contribution in [0, 0.1) is 5.92 Å². The highest BCUT2D eigenvalue weighted by molar-refractivity contribution is 7.80. The van der Waals surface area contributed by atoms with E-state index in [1.54, 1.807) is 4.90 Å². The van der Waals surface area contributed by atoms with E-state index in [9.17, 15) is 9.59 Å². The minimum atomic E-state index is -0.336. The van der Waals surface area contributed by atoms with Crippen LogP contribution in [0.5, 0.6) is 11.5 Å². The first-order valence-corrected chi connectivity index (χ1v) is 11.4. The van der Waals surface area contributed by atoms with Gasteiger partial charge in [0, 0.05) is 18.7 Å². The zero-order valence-electron chi connectivity index (χ0n) is 18.1. The van der Waals surface area contributed by atoms with Crippen molar-refractivity contribution in [3.05, 3.63) is 78.9 Å². The molecule has 4 rings (SSSR count). The number of nitrogens with one attached hydrogen (secondary N) is 1. The predicted octanol–water partition coefficient (Wildman–Crippen LogP) is 5.29. The Hall–Kier alpha value is -3.58. The second kappa shape index (κ2) is 10.8. The Balaban J connectivity index is 1.16. The van der Waals surface area contributed by atoms with Gasteiger partial charge in [-0.2, -0.15) is 0 Å². The highest BCUT2D eigenvalue weighted by Crippen LogP contribution is 2.23. The third-order valence-corrected chi connectivity index (χ3v) is 5.70. The van der Waals surface area contributed by atoms with E-state index in [2.05, 4.69) is 10.3 Å². The molecule has 0 radical (unpaired) electrons. The maximum atomic E-state index is 12.7. The van der Waals surface area contributed by atoms with Gasteiger partial charge in [0.2, 0.25) is 16.9 Å². The van der Waals surface area contributed by atoms with E-state index in [-0.39, 0.29) is 17.7 Å². The molecular weight excluding hydrogens is 434 g/mol. The number of benzene rings is 2. The van der Waals surface area contributed by atoms with Gasteiger partial charge in [-0.1, -0.05) is 42.8 Å². The number of thiocarbonyl (C=S) groups is 1. The van der Waals surface area contributed by atoms with Crippen LogP contribution in [0.25, 0.3) is 0 Å². The summed E-state index contributed by atoms with van der Waals surface area (Å²) in [7, 11) is 0. The number of hydrogen-bond donors (Lipinski definition) is 1. The number of anilines is 1. The summed E-state index contributed by atoms with van der Waals surface area (Å²) in [5, 5.41) is 3.23. The van der Waals surface area contributed by atoms with Gasteiger partial charge < -0.3 is 10.1 Å². The average molecular weight is 460 g/mol. The van der Waals surface area contributed by atoms with Crippen molar-refractivity contribution in [3.63, 3.8) is 0 Å². The van der Waals surface area contributed by atoms with Crippen molar-refractivity contribution in [2.45, 2.75) is 25.7 Å². The smallest absolute Gasteiger partial charge is 0.241 e. The molecule has 0 saturated heterocycles. The van der Waals surface area contributed by atoms with Crippen molar-refractivity contribution in [2.75, 3.05) is 11.9 Å². The van der Waals surface area contributed by atoms with E-state index in [4.69, 9.17) is 17.0 Å². The molecule has 0 spiro atoms. The molecule has 2 aliphatic rings. The third kappa shape index (κ3) is 6.02. The quantitative estimate of drug-likeness (QED) is 0.409. The first kappa shape index (κ1) is 22.6. The Kier molecular flexibility index (Phi) is 7.42. The molecule has 2 aromatic carbocycles. The van der Waals surface area contributed by atoms with E-state index in [1.807, 2.05) is 78.9 Å². The van der Waals surface area contributed by atoms with E-state index >= 15 is 0 Å². The number of rotatable bonds is 9. The van der Waals surface area contributed by atoms with Crippen LogP contribution in [0.2, 0.25) is 0 Å². The standard InChI is InChI=1S/C26H25N3O3S/c30-24(27-19-14-16-21(17-15-19)32-20-9-3-1-4-10-20)13-5-2-8-18-29-25(31)22-11-6-7-12-23(22)28-26(29)33/h1,3-4,6-7,9-12,14-17,22H,2,5,8,13,18H2,(H,27,30). The van der Waals surface area contributed by atoms with Gasteiger partial charge in [-0.05, 0) is 67.5 Å². The minimum absolute atomic E-state index is 0.0250. The summed E-state index contributed by atoms with van der Waals surface area (Å²) in [5.41, 5.74) is 1.44. The van der Waals surface area contributed by atoms with Gasteiger partial charge in [-0.3, -0.25) is 14.5 Å². The first-order valence-electron chi connectivity index (χ1n) is 11.0. The fraction of sp³-hybridized carbons (Fsp3) is 0.231. The number of allylic oxidation sites excluding steroid dienone is 3. The van der Waals surface area contributed by atoms with Crippen molar-refractivity contribution in [3.8, 4) is 11.5 Å². The van der Waals surface area contributed by atoms with E-state index in [1.165, 1.54) is 0 Å². The third-order valence-electron chi connectivity index (χ3n) is 5.39. The van der Waals surface area contributed by atoms with Gasteiger partial charge in [0.1, 0.15) is 11.5 Å². The van der Waals surface area contributed by atoms with E-state index in [0.717, 1.165) is 30.7 Å². The van der Waals surface area contributed by atoms with Gasteiger partial charge in [0.25, 0.3) is 0 Å². The molecule has 1 heterocycles. The molecule has 33 heavy (non-hydrogen) atoms. The van der Waals surface area contributed by atoms with E-state index < -0.39 is 0 Å². The molecule has 1 atom stereocenters. The predicted molar refractivity (Wildman–Crippen MR) is 134 cm³/mol. The SMILES string of the molecule is O=C(CCCCCN1C(=O)C2C=CC=CC2=NC1=S)Nc1ccc(Oc2ccccc2)cc1. The topological polar surface area (TPSA) is 71.0 Å². The monoisotopic (exact) mass is 459 g/mol. The molecule has 0 saturated carbocycles.